The second kappa shape index (κ2) is 9.39. The van der Waals surface area contributed by atoms with Crippen molar-refractivity contribution in [1.82, 2.24) is 20.4 Å². The van der Waals surface area contributed by atoms with E-state index in [1.54, 1.807) is 11.3 Å². The summed E-state index contributed by atoms with van der Waals surface area (Å²) in [5.41, 5.74) is 2.42. The molecule has 1 aliphatic heterocycles. The van der Waals surface area contributed by atoms with Gasteiger partial charge in [0.25, 0.3) is 0 Å². The fourth-order valence-electron chi connectivity index (χ4n) is 3.93. The van der Waals surface area contributed by atoms with Gasteiger partial charge in [0, 0.05) is 39.3 Å². The Morgan fingerprint density at radius 3 is 2.62 bits per heavy atom. The Labute approximate surface area is 176 Å². The van der Waals surface area contributed by atoms with Gasteiger partial charge < -0.3 is 15.5 Å². The Bertz CT molecular complexity index is 930. The van der Waals surface area contributed by atoms with Crippen molar-refractivity contribution in [3.05, 3.63) is 70.4 Å². The van der Waals surface area contributed by atoms with E-state index < -0.39 is 0 Å². The Kier molecular flexibility index (Phi) is 6.44. The zero-order valence-corrected chi connectivity index (χ0v) is 17.6. The number of carbonyl (C=O) groups is 1. The van der Waals surface area contributed by atoms with Crippen molar-refractivity contribution in [2.75, 3.05) is 39.8 Å². The fraction of sp³-hybridized carbons (Fsp3) is 0.348. The predicted octanol–water partition coefficient (Wildman–Crippen LogP) is 3.69. The minimum atomic E-state index is -0.118. The first kappa shape index (κ1) is 19.9. The summed E-state index contributed by atoms with van der Waals surface area (Å²) in [4.78, 5) is 17.3. The Balaban J connectivity index is 1.35. The molecule has 0 bridgehead atoms. The molecule has 1 atom stereocenters. The van der Waals surface area contributed by atoms with Crippen molar-refractivity contribution in [1.29, 1.82) is 0 Å². The summed E-state index contributed by atoms with van der Waals surface area (Å²) in [5.74, 6) is 0. The number of hydrogen-bond donors (Lipinski definition) is 2. The van der Waals surface area contributed by atoms with Gasteiger partial charge in [0.05, 0.1) is 6.04 Å². The van der Waals surface area contributed by atoms with Gasteiger partial charge in [-0.25, -0.2) is 4.79 Å². The third-order valence-corrected chi connectivity index (χ3v) is 6.38. The number of hydrogen-bond acceptors (Lipinski definition) is 4. The molecule has 0 aliphatic carbocycles. The summed E-state index contributed by atoms with van der Waals surface area (Å²) in [6.45, 7) is 5.31. The van der Waals surface area contributed by atoms with Crippen LogP contribution in [0.3, 0.4) is 0 Å². The SMILES string of the molecule is CN1CCN([C@@H](CNC(=O)NCc2cccc3ccccc23)c2ccsc2)CC1. The average molecular weight is 409 g/mol. The maximum Gasteiger partial charge on any atom is 0.315 e. The molecular formula is C23H28N4OS. The first-order chi connectivity index (χ1) is 14.2. The molecule has 2 heterocycles. The van der Waals surface area contributed by atoms with Crippen LogP contribution < -0.4 is 10.6 Å². The molecule has 0 radical (unpaired) electrons. The van der Waals surface area contributed by atoms with Crippen molar-refractivity contribution >= 4 is 28.1 Å². The number of carbonyl (C=O) groups excluding carboxylic acids is 1. The van der Waals surface area contributed by atoms with E-state index in [-0.39, 0.29) is 12.1 Å². The van der Waals surface area contributed by atoms with Crippen LogP contribution in [0.5, 0.6) is 0 Å². The molecule has 2 N–H and O–H groups in total. The Hall–Kier alpha value is -2.41. The fourth-order valence-corrected chi connectivity index (χ4v) is 4.64. The number of nitrogens with one attached hydrogen (secondary N) is 2. The average Bonchev–Trinajstić information content (AvgIpc) is 3.28. The summed E-state index contributed by atoms with van der Waals surface area (Å²) in [6.07, 6.45) is 0. The maximum absolute atomic E-state index is 12.5. The predicted molar refractivity (Wildman–Crippen MR) is 120 cm³/mol. The summed E-state index contributed by atoms with van der Waals surface area (Å²) >= 11 is 1.71. The molecule has 1 saturated heterocycles. The van der Waals surface area contributed by atoms with Crippen LogP contribution in [0.2, 0.25) is 0 Å². The van der Waals surface area contributed by atoms with Crippen molar-refractivity contribution in [2.24, 2.45) is 0 Å². The standard InChI is InChI=1S/C23H28N4OS/c1-26-10-12-27(13-11-26)22(20-9-14-29-17-20)16-25-23(28)24-15-19-7-4-6-18-5-2-3-8-21(18)19/h2-9,14,17,22H,10-13,15-16H2,1H3,(H2,24,25,28)/t22-/m0/s1. The van der Waals surface area contributed by atoms with Gasteiger partial charge in [0.1, 0.15) is 0 Å². The molecule has 3 aromatic rings. The van der Waals surface area contributed by atoms with Crippen molar-refractivity contribution in [3.63, 3.8) is 0 Å². The van der Waals surface area contributed by atoms with E-state index in [2.05, 4.69) is 68.6 Å². The van der Waals surface area contributed by atoms with Gasteiger partial charge in [-0.2, -0.15) is 11.3 Å². The van der Waals surface area contributed by atoms with Crippen LogP contribution >= 0.6 is 11.3 Å². The number of amides is 2. The van der Waals surface area contributed by atoms with Crippen LogP contribution in [0.1, 0.15) is 17.2 Å². The lowest BCUT2D eigenvalue weighted by molar-refractivity contribution is 0.111. The van der Waals surface area contributed by atoms with Crippen LogP contribution in [0.4, 0.5) is 4.79 Å². The number of urea groups is 1. The third-order valence-electron chi connectivity index (χ3n) is 5.68. The van der Waals surface area contributed by atoms with Crippen molar-refractivity contribution in [2.45, 2.75) is 12.6 Å². The van der Waals surface area contributed by atoms with Gasteiger partial charge >= 0.3 is 6.03 Å². The zero-order valence-electron chi connectivity index (χ0n) is 16.8. The summed E-state index contributed by atoms with van der Waals surface area (Å²) in [7, 11) is 2.16. The lowest BCUT2D eigenvalue weighted by Gasteiger charge is -2.38. The molecule has 1 fully saturated rings. The second-order valence-corrected chi connectivity index (χ2v) is 8.39. The second-order valence-electron chi connectivity index (χ2n) is 7.61. The molecule has 1 aliphatic rings. The largest absolute Gasteiger partial charge is 0.336 e. The van der Waals surface area contributed by atoms with Crippen LogP contribution in [0.25, 0.3) is 10.8 Å². The molecule has 29 heavy (non-hydrogen) atoms. The zero-order chi connectivity index (χ0) is 20.1. The topological polar surface area (TPSA) is 47.6 Å². The smallest absolute Gasteiger partial charge is 0.315 e. The monoisotopic (exact) mass is 408 g/mol. The van der Waals surface area contributed by atoms with E-state index in [0.717, 1.165) is 31.7 Å². The number of likely N-dealkylation sites (N-methyl/N-ethyl adjacent to an activating group) is 1. The first-order valence-electron chi connectivity index (χ1n) is 10.1. The summed E-state index contributed by atoms with van der Waals surface area (Å²) < 4.78 is 0. The summed E-state index contributed by atoms with van der Waals surface area (Å²) in [5, 5.41) is 12.8. The molecule has 0 unspecified atom stereocenters. The minimum absolute atomic E-state index is 0.118. The van der Waals surface area contributed by atoms with Gasteiger partial charge in [-0.3, -0.25) is 4.90 Å². The molecule has 1 aromatic heterocycles. The van der Waals surface area contributed by atoms with Crippen LogP contribution in [0.15, 0.2) is 59.3 Å². The van der Waals surface area contributed by atoms with E-state index in [1.165, 1.54) is 16.3 Å². The van der Waals surface area contributed by atoms with E-state index >= 15 is 0 Å². The number of thiophene rings is 1. The molecule has 152 valence electrons. The van der Waals surface area contributed by atoms with E-state index in [4.69, 9.17) is 0 Å². The maximum atomic E-state index is 12.5. The van der Waals surface area contributed by atoms with Gasteiger partial charge in [0.2, 0.25) is 0 Å². The highest BCUT2D eigenvalue weighted by atomic mass is 32.1. The molecule has 4 rings (SSSR count). The highest BCUT2D eigenvalue weighted by Gasteiger charge is 2.24. The number of piperazine rings is 1. The van der Waals surface area contributed by atoms with Crippen LogP contribution in [-0.4, -0.2) is 55.6 Å². The lowest BCUT2D eigenvalue weighted by atomic mass is 10.0. The molecule has 5 nitrogen and oxygen atoms in total. The number of nitrogens with zero attached hydrogens (tertiary/aromatic N) is 2. The van der Waals surface area contributed by atoms with Gasteiger partial charge in [-0.1, -0.05) is 42.5 Å². The number of benzene rings is 2. The van der Waals surface area contributed by atoms with E-state index in [9.17, 15) is 4.79 Å². The van der Waals surface area contributed by atoms with E-state index in [0.29, 0.717) is 13.1 Å². The Morgan fingerprint density at radius 1 is 1.03 bits per heavy atom. The molecule has 2 amide bonds. The number of fused-ring (bicyclic) bond motifs is 1. The lowest BCUT2D eigenvalue weighted by Crippen LogP contribution is -2.49. The highest BCUT2D eigenvalue weighted by molar-refractivity contribution is 7.07. The third kappa shape index (κ3) is 4.96. The molecule has 0 saturated carbocycles. The van der Waals surface area contributed by atoms with E-state index in [1.807, 2.05) is 18.2 Å². The molecule has 6 heteroatoms. The first-order valence-corrected chi connectivity index (χ1v) is 11.1. The van der Waals surface area contributed by atoms with Gasteiger partial charge in [0.15, 0.2) is 0 Å². The molecule has 2 aromatic carbocycles. The van der Waals surface area contributed by atoms with Crippen LogP contribution in [-0.2, 0) is 6.54 Å². The Morgan fingerprint density at radius 2 is 1.83 bits per heavy atom. The van der Waals surface area contributed by atoms with Crippen LogP contribution in [0, 0.1) is 0 Å². The van der Waals surface area contributed by atoms with Crippen molar-refractivity contribution < 1.29 is 4.79 Å². The van der Waals surface area contributed by atoms with Gasteiger partial charge in [-0.15, -0.1) is 0 Å². The quantitative estimate of drug-likeness (QED) is 0.654. The minimum Gasteiger partial charge on any atom is -0.336 e. The van der Waals surface area contributed by atoms with Gasteiger partial charge in [-0.05, 0) is 45.8 Å². The molecular weight excluding hydrogens is 380 g/mol. The number of rotatable bonds is 6. The normalized spacial score (nSPS) is 16.6. The van der Waals surface area contributed by atoms with Crippen molar-refractivity contribution in [3.8, 4) is 0 Å². The molecule has 0 spiro atoms. The highest BCUT2D eigenvalue weighted by Crippen LogP contribution is 2.23. The summed E-state index contributed by atoms with van der Waals surface area (Å²) in [6, 6.07) is 16.8.